The van der Waals surface area contributed by atoms with Crippen LogP contribution in [0.5, 0.6) is 0 Å². The van der Waals surface area contributed by atoms with Gasteiger partial charge in [0.2, 0.25) is 11.8 Å². The lowest BCUT2D eigenvalue weighted by molar-refractivity contribution is -0.134. The molecule has 2 amide bonds. The summed E-state index contributed by atoms with van der Waals surface area (Å²) in [5.41, 5.74) is 2.06. The van der Waals surface area contributed by atoms with E-state index in [1.54, 1.807) is 0 Å². The molecule has 7 heteroatoms. The first-order valence-corrected chi connectivity index (χ1v) is 12.5. The third-order valence-electron chi connectivity index (χ3n) is 7.34. The molecule has 3 aliphatic rings. The maximum Gasteiger partial charge on any atom is 0.238 e. The number of piperazine rings is 1. The van der Waals surface area contributed by atoms with Gasteiger partial charge in [0, 0.05) is 51.0 Å². The number of piperidine rings is 1. The lowest BCUT2D eigenvalue weighted by atomic mass is 10.0. The van der Waals surface area contributed by atoms with Crippen molar-refractivity contribution in [2.24, 2.45) is 0 Å². The van der Waals surface area contributed by atoms with Crippen LogP contribution in [0.2, 0.25) is 0 Å². The molecule has 176 valence electrons. The van der Waals surface area contributed by atoms with Crippen LogP contribution >= 0.6 is 0 Å². The first-order valence-electron chi connectivity index (χ1n) is 12.5. The summed E-state index contributed by atoms with van der Waals surface area (Å²) in [5, 5.41) is 3.05. The molecule has 0 radical (unpaired) electrons. The minimum absolute atomic E-state index is 0.0200. The van der Waals surface area contributed by atoms with Crippen molar-refractivity contribution in [3.63, 3.8) is 0 Å². The zero-order chi connectivity index (χ0) is 22.3. The molecule has 0 aromatic heterocycles. The van der Waals surface area contributed by atoms with E-state index in [9.17, 15) is 9.59 Å². The standard InChI is InChI=1S/C25H39N5O2/c1-2-21-7-3-4-8-23(21)26-24(31)19-28-15-17-30(18-16-28)25(32)20-27-13-9-22(10-14-27)29-11-5-6-12-29/h3-4,7-8,22H,2,5-6,9-20H2,1H3,(H,26,31). The normalized spacial score (nSPS) is 21.7. The van der Waals surface area contributed by atoms with Crippen molar-refractivity contribution in [3.8, 4) is 0 Å². The Morgan fingerprint density at radius 1 is 0.875 bits per heavy atom. The van der Waals surface area contributed by atoms with Gasteiger partial charge in [-0.25, -0.2) is 0 Å². The van der Waals surface area contributed by atoms with Crippen LogP contribution in [0.3, 0.4) is 0 Å². The van der Waals surface area contributed by atoms with Crippen LogP contribution in [0.15, 0.2) is 24.3 Å². The summed E-state index contributed by atoms with van der Waals surface area (Å²) in [4.78, 5) is 34.4. The Kier molecular flexibility index (Phi) is 8.16. The van der Waals surface area contributed by atoms with Crippen molar-refractivity contribution in [1.82, 2.24) is 19.6 Å². The van der Waals surface area contributed by atoms with Gasteiger partial charge in [-0.3, -0.25) is 19.4 Å². The number of aryl methyl sites for hydroxylation is 1. The third-order valence-corrected chi connectivity index (χ3v) is 7.34. The molecule has 3 saturated heterocycles. The molecule has 32 heavy (non-hydrogen) atoms. The predicted molar refractivity (Wildman–Crippen MR) is 128 cm³/mol. The highest BCUT2D eigenvalue weighted by molar-refractivity contribution is 5.93. The number of rotatable bonds is 7. The van der Waals surface area contributed by atoms with E-state index in [1.165, 1.54) is 38.8 Å². The van der Waals surface area contributed by atoms with Crippen molar-refractivity contribution >= 4 is 17.5 Å². The van der Waals surface area contributed by atoms with Crippen molar-refractivity contribution < 1.29 is 9.59 Å². The lowest BCUT2D eigenvalue weighted by Gasteiger charge is -2.38. The first kappa shape index (κ1) is 23.2. The highest BCUT2D eigenvalue weighted by atomic mass is 16.2. The van der Waals surface area contributed by atoms with Crippen LogP contribution in [0.1, 0.15) is 38.2 Å². The molecule has 3 heterocycles. The number of amides is 2. The zero-order valence-corrected chi connectivity index (χ0v) is 19.6. The van der Waals surface area contributed by atoms with Crippen LogP contribution in [0.4, 0.5) is 5.69 Å². The van der Waals surface area contributed by atoms with E-state index in [-0.39, 0.29) is 11.8 Å². The number of hydrogen-bond acceptors (Lipinski definition) is 5. The molecule has 0 atom stereocenters. The molecule has 0 bridgehead atoms. The second-order valence-electron chi connectivity index (χ2n) is 9.47. The number of benzene rings is 1. The first-order chi connectivity index (χ1) is 15.6. The molecule has 1 aromatic carbocycles. The maximum absolute atomic E-state index is 12.8. The fourth-order valence-corrected chi connectivity index (χ4v) is 5.34. The number of nitrogens with zero attached hydrogens (tertiary/aromatic N) is 4. The van der Waals surface area contributed by atoms with E-state index in [2.05, 4.69) is 33.0 Å². The Bertz CT molecular complexity index is 763. The summed E-state index contributed by atoms with van der Waals surface area (Å²) in [5.74, 6) is 0.261. The number of carbonyl (C=O) groups excluding carboxylic acids is 2. The van der Waals surface area contributed by atoms with Crippen LogP contribution < -0.4 is 5.32 Å². The number of anilines is 1. The van der Waals surface area contributed by atoms with Crippen LogP contribution in [-0.2, 0) is 16.0 Å². The van der Waals surface area contributed by atoms with E-state index in [4.69, 9.17) is 0 Å². The maximum atomic E-state index is 12.8. The zero-order valence-electron chi connectivity index (χ0n) is 19.6. The SMILES string of the molecule is CCc1ccccc1NC(=O)CN1CCN(C(=O)CN2CCC(N3CCCC3)CC2)CC1. The molecule has 3 fully saturated rings. The average Bonchev–Trinajstić information content (AvgIpc) is 3.35. The van der Waals surface area contributed by atoms with Crippen molar-refractivity contribution in [1.29, 1.82) is 0 Å². The Morgan fingerprint density at radius 3 is 2.22 bits per heavy atom. The Labute approximate surface area is 192 Å². The largest absolute Gasteiger partial charge is 0.339 e. The molecule has 1 N–H and O–H groups in total. The van der Waals surface area contributed by atoms with Gasteiger partial charge >= 0.3 is 0 Å². The Balaban J connectivity index is 1.15. The molecule has 0 unspecified atom stereocenters. The van der Waals surface area contributed by atoms with Gasteiger partial charge in [0.05, 0.1) is 13.1 Å². The molecule has 0 aliphatic carbocycles. The van der Waals surface area contributed by atoms with Gasteiger partial charge in [-0.2, -0.15) is 0 Å². The quantitative estimate of drug-likeness (QED) is 0.700. The Hall–Kier alpha value is -1.96. The minimum atomic E-state index is 0.0200. The molecule has 0 saturated carbocycles. The van der Waals surface area contributed by atoms with E-state index in [1.807, 2.05) is 23.1 Å². The van der Waals surface area contributed by atoms with E-state index in [0.29, 0.717) is 26.2 Å². The van der Waals surface area contributed by atoms with Gasteiger partial charge in [0.1, 0.15) is 0 Å². The predicted octanol–water partition coefficient (Wildman–Crippen LogP) is 1.89. The van der Waals surface area contributed by atoms with E-state index < -0.39 is 0 Å². The molecule has 3 aliphatic heterocycles. The van der Waals surface area contributed by atoms with Gasteiger partial charge in [-0.15, -0.1) is 0 Å². The molecule has 0 spiro atoms. The second kappa shape index (κ2) is 11.3. The fraction of sp³-hybridized carbons (Fsp3) is 0.680. The highest BCUT2D eigenvalue weighted by Crippen LogP contribution is 2.21. The van der Waals surface area contributed by atoms with Crippen LogP contribution in [0.25, 0.3) is 0 Å². The van der Waals surface area contributed by atoms with Gasteiger partial charge in [-0.05, 0) is 56.8 Å². The summed E-state index contributed by atoms with van der Waals surface area (Å²) < 4.78 is 0. The smallest absolute Gasteiger partial charge is 0.238 e. The Morgan fingerprint density at radius 2 is 1.53 bits per heavy atom. The minimum Gasteiger partial charge on any atom is -0.339 e. The molecule has 4 rings (SSSR count). The second-order valence-corrected chi connectivity index (χ2v) is 9.47. The molecular formula is C25H39N5O2. The van der Waals surface area contributed by atoms with Gasteiger partial charge < -0.3 is 15.1 Å². The summed E-state index contributed by atoms with van der Waals surface area (Å²) >= 11 is 0. The van der Waals surface area contributed by atoms with Crippen LogP contribution in [-0.4, -0.2) is 103 Å². The molecular weight excluding hydrogens is 402 g/mol. The van der Waals surface area contributed by atoms with Gasteiger partial charge in [0.25, 0.3) is 0 Å². The fourth-order valence-electron chi connectivity index (χ4n) is 5.34. The summed E-state index contributed by atoms with van der Waals surface area (Å²) in [6, 6.07) is 8.69. The highest BCUT2D eigenvalue weighted by Gasteiger charge is 2.29. The van der Waals surface area contributed by atoms with Crippen molar-refractivity contribution in [3.05, 3.63) is 29.8 Å². The van der Waals surface area contributed by atoms with Crippen molar-refractivity contribution in [2.45, 2.75) is 45.1 Å². The number of hydrogen-bond donors (Lipinski definition) is 1. The van der Waals surface area contributed by atoms with E-state index in [0.717, 1.165) is 49.9 Å². The van der Waals surface area contributed by atoms with Gasteiger partial charge in [0.15, 0.2) is 0 Å². The third kappa shape index (κ3) is 6.09. The van der Waals surface area contributed by atoms with Gasteiger partial charge in [-0.1, -0.05) is 25.1 Å². The molecule has 7 nitrogen and oxygen atoms in total. The van der Waals surface area contributed by atoms with Crippen LogP contribution in [0, 0.1) is 0 Å². The average molecular weight is 442 g/mol. The number of likely N-dealkylation sites (tertiary alicyclic amines) is 2. The topological polar surface area (TPSA) is 59.1 Å². The molecule has 1 aromatic rings. The number of carbonyl (C=O) groups is 2. The summed E-state index contributed by atoms with van der Waals surface area (Å²) in [6.07, 6.45) is 5.97. The van der Waals surface area contributed by atoms with Crippen molar-refractivity contribution in [2.75, 3.05) is 70.8 Å². The summed E-state index contributed by atoms with van der Waals surface area (Å²) in [6.45, 7) is 10.5. The number of para-hydroxylation sites is 1. The summed E-state index contributed by atoms with van der Waals surface area (Å²) in [7, 11) is 0. The lowest BCUT2D eigenvalue weighted by Crippen LogP contribution is -2.53. The number of nitrogens with one attached hydrogen (secondary N) is 1. The van der Waals surface area contributed by atoms with E-state index >= 15 is 0 Å². The monoisotopic (exact) mass is 441 g/mol.